The molecule has 1 unspecified atom stereocenters. The maximum atomic E-state index is 6.61. The van der Waals surface area contributed by atoms with E-state index in [1.807, 2.05) is 7.11 Å². The normalized spacial score (nSPS) is 42.6. The smallest absolute Gasteiger partial charge is 0.0623 e. The van der Waals surface area contributed by atoms with Crippen molar-refractivity contribution in [3.8, 4) is 0 Å². The molecule has 0 saturated heterocycles. The Morgan fingerprint density at radius 3 is 2.05 bits per heavy atom. The summed E-state index contributed by atoms with van der Waals surface area (Å²) in [7, 11) is 1.81. The van der Waals surface area contributed by atoms with E-state index in [0.29, 0.717) is 6.04 Å². The van der Waals surface area contributed by atoms with E-state index >= 15 is 0 Å². The Morgan fingerprint density at radius 2 is 1.58 bits per heavy atom. The Morgan fingerprint density at radius 1 is 1.05 bits per heavy atom. The van der Waals surface area contributed by atoms with Crippen LogP contribution in [0.5, 0.6) is 0 Å². The molecule has 0 amide bonds. The Kier molecular flexibility index (Phi) is 3.68. The van der Waals surface area contributed by atoms with E-state index in [1.165, 1.54) is 32.1 Å². The quantitative estimate of drug-likeness (QED) is 0.824. The van der Waals surface area contributed by atoms with Crippen molar-refractivity contribution < 1.29 is 4.74 Å². The molecule has 2 N–H and O–H groups in total. The van der Waals surface area contributed by atoms with Crippen molar-refractivity contribution >= 4 is 0 Å². The lowest BCUT2D eigenvalue weighted by atomic mass is 9.50. The molecule has 0 aliphatic heterocycles. The highest BCUT2D eigenvalue weighted by Crippen LogP contribution is 2.57. The van der Waals surface area contributed by atoms with Gasteiger partial charge >= 0.3 is 0 Å². The van der Waals surface area contributed by atoms with Gasteiger partial charge in [-0.05, 0) is 88.4 Å². The molecule has 4 saturated carbocycles. The molecule has 4 rings (SSSR count). The van der Waals surface area contributed by atoms with Crippen molar-refractivity contribution in [1.82, 2.24) is 0 Å². The van der Waals surface area contributed by atoms with Crippen LogP contribution in [0.2, 0.25) is 0 Å². The zero-order valence-electron chi connectivity index (χ0n) is 12.9. The van der Waals surface area contributed by atoms with Crippen LogP contribution in [0, 0.1) is 29.6 Å². The number of nitrogens with two attached hydrogens (primary N) is 1. The van der Waals surface area contributed by atoms with Gasteiger partial charge in [0.25, 0.3) is 0 Å². The summed E-state index contributed by atoms with van der Waals surface area (Å²) in [5.74, 6) is 4.84. The molecule has 0 aromatic carbocycles. The van der Waals surface area contributed by atoms with Crippen molar-refractivity contribution in [1.29, 1.82) is 0 Å². The van der Waals surface area contributed by atoms with Gasteiger partial charge in [0.05, 0.1) is 5.60 Å². The van der Waals surface area contributed by atoms with E-state index in [4.69, 9.17) is 10.5 Å². The van der Waals surface area contributed by atoms with Crippen LogP contribution in [-0.2, 0) is 4.74 Å². The summed E-state index contributed by atoms with van der Waals surface area (Å²) in [4.78, 5) is 0. The molecular formula is C17H31NO. The van der Waals surface area contributed by atoms with E-state index in [1.54, 1.807) is 0 Å². The third kappa shape index (κ3) is 2.71. The Hall–Kier alpha value is -0.0800. The maximum absolute atomic E-state index is 6.61. The van der Waals surface area contributed by atoms with Crippen molar-refractivity contribution in [2.24, 2.45) is 35.3 Å². The van der Waals surface area contributed by atoms with E-state index in [9.17, 15) is 0 Å². The number of methoxy groups -OCH3 is 1. The van der Waals surface area contributed by atoms with Crippen LogP contribution < -0.4 is 5.73 Å². The van der Waals surface area contributed by atoms with E-state index < -0.39 is 0 Å². The third-order valence-corrected chi connectivity index (χ3v) is 6.43. The minimum Gasteiger partial charge on any atom is -0.379 e. The summed E-state index contributed by atoms with van der Waals surface area (Å²) >= 11 is 0. The van der Waals surface area contributed by atoms with Gasteiger partial charge in [0, 0.05) is 13.2 Å². The monoisotopic (exact) mass is 265 g/mol. The largest absolute Gasteiger partial charge is 0.379 e. The molecule has 4 aliphatic rings. The fourth-order valence-corrected chi connectivity index (χ4v) is 5.48. The van der Waals surface area contributed by atoms with Crippen molar-refractivity contribution in [2.75, 3.05) is 7.11 Å². The zero-order chi connectivity index (χ0) is 13.6. The number of rotatable bonds is 5. The number of ether oxygens (including phenoxy) is 1. The molecule has 0 aromatic rings. The lowest BCUT2D eigenvalue weighted by molar-refractivity contribution is -0.0523. The minimum atomic E-state index is -0.0104. The standard InChI is InChI=1S/C17H31NO/c1-17(2,19-3)5-4-15(18)16-13-7-11-6-12(9-13)10-14(16)8-11/h11-16H,4-10,18H2,1-3H3. The molecular weight excluding hydrogens is 234 g/mol. The molecule has 0 aromatic heterocycles. The first-order valence-corrected chi connectivity index (χ1v) is 8.29. The predicted octanol–water partition coefficient (Wildman–Crippen LogP) is 3.59. The van der Waals surface area contributed by atoms with Gasteiger partial charge in [-0.3, -0.25) is 0 Å². The molecule has 4 fully saturated rings. The second-order valence-corrected chi connectivity index (χ2v) is 8.17. The highest BCUT2D eigenvalue weighted by molar-refractivity contribution is 5.01. The van der Waals surface area contributed by atoms with E-state index in [2.05, 4.69) is 13.8 Å². The summed E-state index contributed by atoms with van der Waals surface area (Å²) in [6.45, 7) is 4.35. The van der Waals surface area contributed by atoms with Crippen LogP contribution in [0.25, 0.3) is 0 Å². The van der Waals surface area contributed by atoms with Crippen molar-refractivity contribution in [3.05, 3.63) is 0 Å². The third-order valence-electron chi connectivity index (χ3n) is 6.43. The van der Waals surface area contributed by atoms with E-state index in [-0.39, 0.29) is 5.60 Å². The molecule has 110 valence electrons. The summed E-state index contributed by atoms with van der Waals surface area (Å²) in [6, 6.07) is 0.407. The maximum Gasteiger partial charge on any atom is 0.0623 e. The average molecular weight is 265 g/mol. The van der Waals surface area contributed by atoms with Gasteiger partial charge in [0.1, 0.15) is 0 Å². The molecule has 0 heterocycles. The van der Waals surface area contributed by atoms with Gasteiger partial charge < -0.3 is 10.5 Å². The molecule has 2 heteroatoms. The SMILES string of the molecule is COC(C)(C)CCC(N)C1C2CC3CC(C2)CC1C3. The van der Waals surface area contributed by atoms with Gasteiger partial charge in [-0.25, -0.2) is 0 Å². The van der Waals surface area contributed by atoms with Gasteiger partial charge in [0.15, 0.2) is 0 Å². The molecule has 0 radical (unpaired) electrons. The number of hydrogen-bond donors (Lipinski definition) is 1. The number of hydrogen-bond acceptors (Lipinski definition) is 2. The van der Waals surface area contributed by atoms with Crippen LogP contribution in [-0.4, -0.2) is 18.8 Å². The topological polar surface area (TPSA) is 35.2 Å². The predicted molar refractivity (Wildman–Crippen MR) is 78.8 cm³/mol. The first-order valence-electron chi connectivity index (χ1n) is 8.29. The molecule has 0 spiro atoms. The Balaban J connectivity index is 1.59. The fourth-order valence-electron chi connectivity index (χ4n) is 5.48. The van der Waals surface area contributed by atoms with Crippen LogP contribution >= 0.6 is 0 Å². The van der Waals surface area contributed by atoms with Crippen LogP contribution in [0.15, 0.2) is 0 Å². The van der Waals surface area contributed by atoms with Gasteiger partial charge in [-0.1, -0.05) is 0 Å². The average Bonchev–Trinajstić information content (AvgIpc) is 2.35. The van der Waals surface area contributed by atoms with Crippen molar-refractivity contribution in [2.45, 2.75) is 70.4 Å². The summed E-state index contributed by atoms with van der Waals surface area (Å²) in [5, 5.41) is 0. The van der Waals surface area contributed by atoms with Gasteiger partial charge in [-0.2, -0.15) is 0 Å². The first kappa shape index (κ1) is 13.9. The lowest BCUT2D eigenvalue weighted by Crippen LogP contribution is -2.52. The summed E-state index contributed by atoms with van der Waals surface area (Å²) in [5.41, 5.74) is 6.59. The van der Waals surface area contributed by atoms with Crippen molar-refractivity contribution in [3.63, 3.8) is 0 Å². The van der Waals surface area contributed by atoms with E-state index in [0.717, 1.165) is 42.4 Å². The van der Waals surface area contributed by atoms with Crippen LogP contribution in [0.4, 0.5) is 0 Å². The van der Waals surface area contributed by atoms with Crippen LogP contribution in [0.3, 0.4) is 0 Å². The Bertz CT molecular complexity index is 297. The second kappa shape index (κ2) is 5.04. The highest BCUT2D eigenvalue weighted by atomic mass is 16.5. The molecule has 4 aliphatic carbocycles. The molecule has 4 bridgehead atoms. The minimum absolute atomic E-state index is 0.0104. The summed E-state index contributed by atoms with van der Waals surface area (Å²) < 4.78 is 5.54. The zero-order valence-corrected chi connectivity index (χ0v) is 12.9. The summed E-state index contributed by atoms with van der Waals surface area (Å²) in [6.07, 6.45) is 9.70. The molecule has 19 heavy (non-hydrogen) atoms. The van der Waals surface area contributed by atoms with Crippen LogP contribution in [0.1, 0.15) is 58.8 Å². The lowest BCUT2D eigenvalue weighted by Gasteiger charge is -2.56. The fraction of sp³-hybridized carbons (Fsp3) is 1.00. The molecule has 1 atom stereocenters. The van der Waals surface area contributed by atoms with Gasteiger partial charge in [-0.15, -0.1) is 0 Å². The molecule has 2 nitrogen and oxygen atoms in total. The second-order valence-electron chi connectivity index (χ2n) is 8.17. The Labute approximate surface area is 118 Å². The first-order chi connectivity index (χ1) is 8.98. The van der Waals surface area contributed by atoms with Gasteiger partial charge in [0.2, 0.25) is 0 Å². The highest BCUT2D eigenvalue weighted by Gasteiger charge is 2.49.